The Labute approximate surface area is 91.1 Å². The molecule has 4 nitrogen and oxygen atoms in total. The van der Waals surface area contributed by atoms with Gasteiger partial charge in [-0.05, 0) is 0 Å². The Morgan fingerprint density at radius 1 is 0.500 bits per heavy atom. The molecule has 0 aromatic heterocycles. The summed E-state index contributed by atoms with van der Waals surface area (Å²) in [6.07, 6.45) is 0. The first kappa shape index (κ1) is 47.0. The van der Waals surface area contributed by atoms with Gasteiger partial charge >= 0.3 is 74.8 Å². The maximum absolute atomic E-state index is 7.50. The molecule has 0 aromatic carbocycles. The molecule has 0 aliphatic rings. The summed E-state index contributed by atoms with van der Waals surface area (Å²) in [5, 5.41) is 0. The van der Waals surface area contributed by atoms with E-state index in [0.717, 1.165) is 0 Å². The van der Waals surface area contributed by atoms with Crippen LogP contribution in [-0.2, 0) is 35.4 Å². The average Bonchev–Trinajstić information content (AvgIpc) is 2.03. The summed E-state index contributed by atoms with van der Waals surface area (Å²) in [4.78, 5) is 0. The van der Waals surface area contributed by atoms with Crippen molar-refractivity contribution in [2.24, 2.45) is 0 Å². The third-order valence-corrected chi connectivity index (χ3v) is 0. The van der Waals surface area contributed by atoms with E-state index in [1.165, 1.54) is 0 Å². The van der Waals surface area contributed by atoms with Gasteiger partial charge in [0.05, 0.1) is 0 Å². The normalized spacial score (nSPS) is 0.800. The van der Waals surface area contributed by atoms with Crippen LogP contribution in [0.25, 0.3) is 0 Å². The Balaban J connectivity index is -0.00000000500. The molecular formula is C4CoNaO4+. The van der Waals surface area contributed by atoms with E-state index in [1.54, 1.807) is 0 Å². The van der Waals surface area contributed by atoms with E-state index >= 15 is 0 Å². The van der Waals surface area contributed by atoms with Gasteiger partial charge in [-0.3, -0.25) is 0 Å². The second-order valence-electron chi connectivity index (χ2n) is 0. The molecule has 0 N–H and O–H groups in total. The van der Waals surface area contributed by atoms with Crippen molar-refractivity contribution in [1.29, 1.82) is 0 Å². The van der Waals surface area contributed by atoms with Gasteiger partial charge in [-0.15, -0.1) is 0 Å². The zero-order valence-electron chi connectivity index (χ0n) is 4.97. The quantitative estimate of drug-likeness (QED) is 0.222. The van der Waals surface area contributed by atoms with Gasteiger partial charge in [-0.2, -0.15) is 0 Å². The molecule has 6 heteroatoms. The van der Waals surface area contributed by atoms with E-state index in [4.69, 9.17) is 18.6 Å². The molecule has 0 aromatic rings. The minimum Gasteiger partial charge on any atom is 0 e. The Bertz CT molecular complexity index is 60.2. The van der Waals surface area contributed by atoms with Gasteiger partial charge in [-0.1, -0.05) is 0 Å². The topological polar surface area (TPSA) is 79.6 Å². The molecule has 0 atom stereocenters. The minimum absolute atomic E-state index is 0. The van der Waals surface area contributed by atoms with Crippen LogP contribution < -0.4 is 29.6 Å². The van der Waals surface area contributed by atoms with Gasteiger partial charge in [0.1, 0.15) is 0 Å². The first-order chi connectivity index (χ1) is 4.00. The van der Waals surface area contributed by atoms with Crippen molar-refractivity contribution < 1.29 is 64.9 Å². The summed E-state index contributed by atoms with van der Waals surface area (Å²) in [7, 11) is 0. The maximum Gasteiger partial charge on any atom is 1.00 e. The van der Waals surface area contributed by atoms with Crippen LogP contribution in [-0.4, -0.2) is 0 Å². The van der Waals surface area contributed by atoms with Crippen LogP contribution in [0.4, 0.5) is 0 Å². The van der Waals surface area contributed by atoms with Gasteiger partial charge in [0, 0.05) is 16.8 Å². The van der Waals surface area contributed by atoms with Crippen LogP contribution in [0.1, 0.15) is 0 Å². The number of rotatable bonds is 0. The van der Waals surface area contributed by atoms with Crippen molar-refractivity contribution >= 4 is 0 Å². The van der Waals surface area contributed by atoms with Gasteiger partial charge in [0.25, 0.3) is 0 Å². The van der Waals surface area contributed by atoms with Crippen LogP contribution in [0.5, 0.6) is 0 Å². The van der Waals surface area contributed by atoms with Crippen molar-refractivity contribution in [3.05, 3.63) is 26.6 Å². The van der Waals surface area contributed by atoms with Crippen LogP contribution in [0, 0.1) is 26.6 Å². The van der Waals surface area contributed by atoms with Crippen LogP contribution in [0.2, 0.25) is 0 Å². The zero-order valence-corrected chi connectivity index (χ0v) is 8.01. The number of hydrogen-bond acceptors (Lipinski definition) is 0. The Morgan fingerprint density at radius 2 is 0.500 bits per heavy atom. The summed E-state index contributed by atoms with van der Waals surface area (Å²) in [6, 6.07) is 0. The summed E-state index contributed by atoms with van der Waals surface area (Å²) in [6.45, 7) is 18.0. The minimum atomic E-state index is 0. The molecule has 0 spiro atoms. The molecule has 0 saturated carbocycles. The predicted octanol–water partition coefficient (Wildman–Crippen LogP) is -3.15. The van der Waals surface area contributed by atoms with Crippen LogP contribution in [0.15, 0.2) is 0 Å². The fourth-order valence-electron chi connectivity index (χ4n) is 0. The number of hydrogen-bond donors (Lipinski definition) is 0. The summed E-state index contributed by atoms with van der Waals surface area (Å²) in [5.41, 5.74) is 0. The maximum atomic E-state index is 7.50. The first-order valence-corrected chi connectivity index (χ1v) is 0.816. The van der Waals surface area contributed by atoms with Gasteiger partial charge in [-0.25, -0.2) is 0 Å². The molecule has 0 amide bonds. The Morgan fingerprint density at radius 3 is 0.500 bits per heavy atom. The van der Waals surface area contributed by atoms with Gasteiger partial charge in [0.15, 0.2) is 0 Å². The molecule has 0 aliphatic carbocycles. The van der Waals surface area contributed by atoms with Crippen molar-refractivity contribution in [1.82, 2.24) is 0 Å². The third kappa shape index (κ3) is 2170. The molecule has 0 fully saturated rings. The van der Waals surface area contributed by atoms with E-state index in [2.05, 4.69) is 26.6 Å². The molecule has 10 heavy (non-hydrogen) atoms. The van der Waals surface area contributed by atoms with E-state index < -0.39 is 0 Å². The van der Waals surface area contributed by atoms with E-state index in [1.807, 2.05) is 0 Å². The molecule has 0 bridgehead atoms. The molecule has 0 heterocycles. The van der Waals surface area contributed by atoms with E-state index in [0.29, 0.717) is 0 Å². The van der Waals surface area contributed by atoms with E-state index in [9.17, 15) is 0 Å². The van der Waals surface area contributed by atoms with E-state index in [-0.39, 0.29) is 46.3 Å². The predicted molar refractivity (Wildman–Crippen MR) is 15.7 cm³/mol. The molecule has 0 aliphatic heterocycles. The third-order valence-electron chi connectivity index (χ3n) is 0. The second-order valence-corrected chi connectivity index (χ2v) is 0. The van der Waals surface area contributed by atoms with Gasteiger partial charge < -0.3 is 0 Å². The summed E-state index contributed by atoms with van der Waals surface area (Å²) < 4.78 is 30.0. The SMILES string of the molecule is [C-]#[O+].[C-]#[O+].[C-]#[O+].[C-]#[O+].[Co].[Na+]. The summed E-state index contributed by atoms with van der Waals surface area (Å²) >= 11 is 0. The van der Waals surface area contributed by atoms with Crippen molar-refractivity contribution in [2.75, 3.05) is 0 Å². The molecular weight excluding hydrogens is 194 g/mol. The largest absolute Gasteiger partial charge is 1.00 e. The molecule has 0 rings (SSSR count). The Hall–Kier alpha value is 0.466. The van der Waals surface area contributed by atoms with Gasteiger partial charge in [0.2, 0.25) is 0 Å². The fraction of sp³-hybridized carbons (Fsp3) is 0. The van der Waals surface area contributed by atoms with Crippen LogP contribution in [0.3, 0.4) is 0 Å². The molecule has 0 unspecified atom stereocenters. The molecule has 1 radical (unpaired) electrons. The second kappa shape index (κ2) is 3120. The average molecular weight is 194 g/mol. The summed E-state index contributed by atoms with van der Waals surface area (Å²) in [5.74, 6) is 0. The zero-order chi connectivity index (χ0) is 8.00. The van der Waals surface area contributed by atoms with Crippen molar-refractivity contribution in [2.45, 2.75) is 0 Å². The van der Waals surface area contributed by atoms with Crippen molar-refractivity contribution in [3.63, 3.8) is 0 Å². The van der Waals surface area contributed by atoms with Crippen molar-refractivity contribution in [3.8, 4) is 0 Å². The molecule has 0 saturated heterocycles. The fourth-order valence-corrected chi connectivity index (χ4v) is 0. The smallest absolute Gasteiger partial charge is 0 e. The monoisotopic (exact) mass is 194 g/mol. The standard InChI is InChI=1S/4CO.Co.Na/c4*1-2;;/q;;;;;+1. The first-order valence-electron chi connectivity index (χ1n) is 0.816. The van der Waals surface area contributed by atoms with Crippen LogP contribution >= 0.6 is 0 Å². The Kier molecular flexibility index (Phi) is 14700. The molecule has 49 valence electrons.